The van der Waals surface area contributed by atoms with Crippen LogP contribution in [0.3, 0.4) is 0 Å². The lowest BCUT2D eigenvalue weighted by Crippen LogP contribution is -2.06. The topological polar surface area (TPSA) is 26.5 Å². The monoisotopic (exact) mass is 290 g/mol. The zero-order chi connectivity index (χ0) is 13.0. The van der Waals surface area contributed by atoms with Crippen LogP contribution in [0.2, 0.25) is 10.0 Å². The van der Waals surface area contributed by atoms with Gasteiger partial charge in [0.05, 0.1) is 21.4 Å². The van der Waals surface area contributed by atoms with Crippen LogP contribution in [0.5, 0.6) is 5.75 Å². The summed E-state index contributed by atoms with van der Waals surface area (Å²) in [5.41, 5.74) is 3.57. The van der Waals surface area contributed by atoms with Gasteiger partial charge in [0.25, 0.3) is 0 Å². The third-order valence-electron chi connectivity index (χ3n) is 3.25. The van der Waals surface area contributed by atoms with Crippen molar-refractivity contribution in [2.75, 3.05) is 0 Å². The summed E-state index contributed by atoms with van der Waals surface area (Å²) in [4.78, 5) is 4.63. The molecule has 3 nitrogen and oxygen atoms in total. The summed E-state index contributed by atoms with van der Waals surface area (Å²) in [6.07, 6.45) is 1.81. The number of imidazole rings is 1. The molecule has 0 unspecified atom stereocenters. The molecule has 2 aromatic heterocycles. The Morgan fingerprint density at radius 2 is 2.05 bits per heavy atom. The van der Waals surface area contributed by atoms with Crippen LogP contribution in [0.1, 0.15) is 5.69 Å². The fourth-order valence-corrected chi connectivity index (χ4v) is 2.92. The number of hydrogen-bond donors (Lipinski definition) is 0. The molecular weight excluding hydrogens is 283 g/mol. The molecule has 0 N–H and O–H groups in total. The predicted molar refractivity (Wildman–Crippen MR) is 75.0 cm³/mol. The molecule has 3 aromatic rings. The Balaban J connectivity index is 2.11. The smallest absolute Gasteiger partial charge is 0.156 e. The number of fused-ring (bicyclic) bond motifs is 5. The van der Waals surface area contributed by atoms with Gasteiger partial charge in [-0.1, -0.05) is 35.3 Å². The zero-order valence-corrected chi connectivity index (χ0v) is 11.2. The molecule has 0 amide bonds. The van der Waals surface area contributed by atoms with Crippen LogP contribution in [0.4, 0.5) is 0 Å². The van der Waals surface area contributed by atoms with Crippen LogP contribution < -0.4 is 4.74 Å². The molecule has 0 bridgehead atoms. The van der Waals surface area contributed by atoms with Crippen molar-refractivity contribution in [1.82, 2.24) is 9.38 Å². The van der Waals surface area contributed by atoms with Crippen molar-refractivity contribution in [3.63, 3.8) is 0 Å². The first-order valence-corrected chi connectivity index (χ1v) is 6.58. The molecule has 0 saturated carbocycles. The van der Waals surface area contributed by atoms with Crippen molar-refractivity contribution in [2.24, 2.45) is 0 Å². The van der Waals surface area contributed by atoms with E-state index in [2.05, 4.69) is 4.98 Å². The van der Waals surface area contributed by atoms with Crippen LogP contribution >= 0.6 is 23.2 Å². The van der Waals surface area contributed by atoms with Gasteiger partial charge in [-0.25, -0.2) is 4.98 Å². The summed E-state index contributed by atoms with van der Waals surface area (Å²) >= 11 is 12.3. The normalized spacial score (nSPS) is 12.9. The predicted octanol–water partition coefficient (Wildman–Crippen LogP) is 4.20. The van der Waals surface area contributed by atoms with E-state index < -0.39 is 0 Å². The van der Waals surface area contributed by atoms with Gasteiger partial charge in [0.15, 0.2) is 5.65 Å². The fourth-order valence-electron chi connectivity index (χ4n) is 2.41. The SMILES string of the molecule is Clc1cc(Cl)c2nc3c(n2c1)COc1ccccc1-3. The van der Waals surface area contributed by atoms with Crippen LogP contribution in [0.25, 0.3) is 16.9 Å². The highest BCUT2D eigenvalue weighted by atomic mass is 35.5. The van der Waals surface area contributed by atoms with E-state index in [1.807, 2.05) is 34.9 Å². The Morgan fingerprint density at radius 1 is 1.21 bits per heavy atom. The summed E-state index contributed by atoms with van der Waals surface area (Å²) in [6.45, 7) is 0.462. The van der Waals surface area contributed by atoms with E-state index in [1.54, 1.807) is 6.07 Å². The molecule has 3 heterocycles. The van der Waals surface area contributed by atoms with Crippen molar-refractivity contribution in [3.8, 4) is 17.0 Å². The number of ether oxygens (including phenoxy) is 1. The highest BCUT2D eigenvalue weighted by Gasteiger charge is 2.23. The van der Waals surface area contributed by atoms with Crippen LogP contribution in [-0.2, 0) is 6.61 Å². The standard InChI is InChI=1S/C14H8Cl2N2O/c15-8-5-10(16)14-17-13-9-3-1-2-4-12(9)19-7-11(13)18(14)6-8/h1-6H,7H2. The maximum atomic E-state index is 6.20. The van der Waals surface area contributed by atoms with Crippen LogP contribution in [-0.4, -0.2) is 9.38 Å². The molecule has 0 fully saturated rings. The lowest BCUT2D eigenvalue weighted by molar-refractivity contribution is 0.296. The third-order valence-corrected chi connectivity index (χ3v) is 3.73. The first-order chi connectivity index (χ1) is 9.24. The number of hydrogen-bond acceptors (Lipinski definition) is 2. The molecule has 0 atom stereocenters. The lowest BCUT2D eigenvalue weighted by Gasteiger charge is -2.16. The second kappa shape index (κ2) is 3.89. The second-order valence-corrected chi connectivity index (χ2v) is 5.24. The number of aromatic nitrogens is 2. The molecule has 4 rings (SSSR count). The van der Waals surface area contributed by atoms with Gasteiger partial charge in [-0.3, -0.25) is 4.40 Å². The molecule has 1 aliphatic heterocycles. The Kier molecular flexibility index (Phi) is 2.28. The number of benzene rings is 1. The largest absolute Gasteiger partial charge is 0.487 e. The fraction of sp³-hybridized carbons (Fsp3) is 0.0714. The summed E-state index contributed by atoms with van der Waals surface area (Å²) in [7, 11) is 0. The Hall–Kier alpha value is -1.71. The van der Waals surface area contributed by atoms with Gasteiger partial charge in [-0.05, 0) is 18.2 Å². The molecule has 0 radical (unpaired) electrons. The van der Waals surface area contributed by atoms with Gasteiger partial charge < -0.3 is 4.74 Å². The first-order valence-electron chi connectivity index (χ1n) is 5.82. The highest BCUT2D eigenvalue weighted by molar-refractivity contribution is 6.36. The third kappa shape index (κ3) is 1.55. The van der Waals surface area contributed by atoms with E-state index in [0.717, 1.165) is 22.7 Å². The van der Waals surface area contributed by atoms with Crippen molar-refractivity contribution in [1.29, 1.82) is 0 Å². The van der Waals surface area contributed by atoms with E-state index >= 15 is 0 Å². The summed E-state index contributed by atoms with van der Waals surface area (Å²) < 4.78 is 7.65. The van der Waals surface area contributed by atoms with Gasteiger partial charge in [-0.15, -0.1) is 0 Å². The number of pyridine rings is 1. The number of nitrogens with zero attached hydrogens (tertiary/aromatic N) is 2. The van der Waals surface area contributed by atoms with Crippen LogP contribution in [0, 0.1) is 0 Å². The number of halogens is 2. The molecule has 19 heavy (non-hydrogen) atoms. The average molecular weight is 291 g/mol. The molecule has 0 saturated heterocycles. The lowest BCUT2D eigenvalue weighted by atomic mass is 10.1. The molecule has 94 valence electrons. The van der Waals surface area contributed by atoms with Crippen molar-refractivity contribution >= 4 is 28.8 Å². The van der Waals surface area contributed by atoms with Gasteiger partial charge >= 0.3 is 0 Å². The highest BCUT2D eigenvalue weighted by Crippen LogP contribution is 2.38. The second-order valence-electron chi connectivity index (χ2n) is 4.39. The van der Waals surface area contributed by atoms with E-state index in [0.29, 0.717) is 22.3 Å². The number of rotatable bonds is 0. The first kappa shape index (κ1) is 11.1. The minimum Gasteiger partial charge on any atom is -0.487 e. The maximum Gasteiger partial charge on any atom is 0.156 e. The van der Waals surface area contributed by atoms with Gasteiger partial charge in [-0.2, -0.15) is 0 Å². The van der Waals surface area contributed by atoms with Crippen molar-refractivity contribution < 1.29 is 4.74 Å². The van der Waals surface area contributed by atoms with Crippen molar-refractivity contribution in [3.05, 3.63) is 52.3 Å². The van der Waals surface area contributed by atoms with E-state index in [4.69, 9.17) is 27.9 Å². The maximum absolute atomic E-state index is 6.20. The number of para-hydroxylation sites is 1. The quantitative estimate of drug-likeness (QED) is 0.620. The van der Waals surface area contributed by atoms with E-state index in [9.17, 15) is 0 Å². The van der Waals surface area contributed by atoms with Crippen LogP contribution in [0.15, 0.2) is 36.5 Å². The van der Waals surface area contributed by atoms with E-state index in [1.165, 1.54) is 0 Å². The van der Waals surface area contributed by atoms with Gasteiger partial charge in [0.1, 0.15) is 12.4 Å². The summed E-state index contributed by atoms with van der Waals surface area (Å²) in [5, 5.41) is 1.12. The van der Waals surface area contributed by atoms with E-state index in [-0.39, 0.29) is 0 Å². The minimum absolute atomic E-state index is 0.462. The molecule has 0 aliphatic carbocycles. The Morgan fingerprint density at radius 3 is 2.95 bits per heavy atom. The zero-order valence-electron chi connectivity index (χ0n) is 9.73. The average Bonchev–Trinajstić information content (AvgIpc) is 2.78. The summed E-state index contributed by atoms with van der Waals surface area (Å²) in [5.74, 6) is 0.848. The minimum atomic E-state index is 0.462. The molecule has 1 aromatic carbocycles. The van der Waals surface area contributed by atoms with Crippen molar-refractivity contribution in [2.45, 2.75) is 6.61 Å². The summed E-state index contributed by atoms with van der Waals surface area (Å²) in [6, 6.07) is 9.55. The van der Waals surface area contributed by atoms with Gasteiger partial charge in [0.2, 0.25) is 0 Å². The Labute approximate surface area is 119 Å². The molecule has 1 aliphatic rings. The Bertz CT molecular complexity index is 811. The molecular formula is C14H8Cl2N2O. The molecule has 0 spiro atoms. The van der Waals surface area contributed by atoms with Gasteiger partial charge in [0, 0.05) is 11.8 Å². The molecule has 5 heteroatoms.